The topological polar surface area (TPSA) is 0 Å². The van der Waals surface area contributed by atoms with Crippen LogP contribution in [0.2, 0.25) is 0 Å². The Hall–Kier alpha value is -1.56. The van der Waals surface area contributed by atoms with Crippen LogP contribution in [0.4, 0.5) is 0 Å². The number of benzene rings is 1. The number of allylic oxidation sites excluding steroid dienone is 6. The summed E-state index contributed by atoms with van der Waals surface area (Å²) >= 11 is 0. The highest BCUT2D eigenvalue weighted by molar-refractivity contribution is 5.30. The highest BCUT2D eigenvalue weighted by Gasteiger charge is 2.10. The molecule has 0 spiro atoms. The predicted octanol–water partition coefficient (Wildman–Crippen LogP) is 6.18. The van der Waals surface area contributed by atoms with Gasteiger partial charge in [0.25, 0.3) is 0 Å². The average molecular weight is 266 g/mol. The maximum Gasteiger partial charge on any atom is -0.00975 e. The predicted molar refractivity (Wildman–Crippen MR) is 88.9 cm³/mol. The van der Waals surface area contributed by atoms with Crippen LogP contribution >= 0.6 is 0 Å². The Balaban J connectivity index is 1.99. The van der Waals surface area contributed by atoms with Gasteiger partial charge in [-0.2, -0.15) is 0 Å². The van der Waals surface area contributed by atoms with Crippen molar-refractivity contribution >= 4 is 0 Å². The van der Waals surface area contributed by atoms with Crippen molar-refractivity contribution in [3.8, 4) is 0 Å². The van der Waals surface area contributed by atoms with Gasteiger partial charge in [-0.25, -0.2) is 0 Å². The maximum absolute atomic E-state index is 2.43. The zero-order valence-corrected chi connectivity index (χ0v) is 12.6. The minimum Gasteiger partial charge on any atom is -0.0804 e. The molecule has 0 fully saturated rings. The zero-order chi connectivity index (χ0) is 14.0. The number of rotatable bonds is 7. The largest absolute Gasteiger partial charge is 0.0804 e. The summed E-state index contributed by atoms with van der Waals surface area (Å²) in [6, 6.07) is 11.0. The molecule has 20 heavy (non-hydrogen) atoms. The van der Waals surface area contributed by atoms with Crippen molar-refractivity contribution in [3.63, 3.8) is 0 Å². The van der Waals surface area contributed by atoms with Gasteiger partial charge < -0.3 is 0 Å². The Kier molecular flexibility index (Phi) is 6.37. The van der Waals surface area contributed by atoms with Crippen LogP contribution in [0, 0.1) is 0 Å². The molecule has 1 aromatic carbocycles. The lowest BCUT2D eigenvalue weighted by atomic mass is 9.89. The van der Waals surface area contributed by atoms with Crippen LogP contribution in [-0.2, 0) is 0 Å². The third-order valence-electron chi connectivity index (χ3n) is 4.00. The summed E-state index contributed by atoms with van der Waals surface area (Å²) < 4.78 is 0. The lowest BCUT2D eigenvalue weighted by Crippen LogP contribution is -1.98. The van der Waals surface area contributed by atoms with Gasteiger partial charge in [0.2, 0.25) is 0 Å². The molecule has 106 valence electrons. The van der Waals surface area contributed by atoms with Crippen LogP contribution in [0.15, 0.2) is 66.3 Å². The Morgan fingerprint density at radius 2 is 1.95 bits per heavy atom. The van der Waals surface area contributed by atoms with Gasteiger partial charge in [-0.1, -0.05) is 86.9 Å². The molecule has 1 aliphatic carbocycles. The fraction of sp³-hybridized carbons (Fsp3) is 0.400. The van der Waals surface area contributed by atoms with Gasteiger partial charge in [-0.15, -0.1) is 0 Å². The van der Waals surface area contributed by atoms with Crippen molar-refractivity contribution in [2.24, 2.45) is 0 Å². The van der Waals surface area contributed by atoms with Crippen molar-refractivity contribution in [3.05, 3.63) is 71.8 Å². The first-order valence-corrected chi connectivity index (χ1v) is 7.97. The second-order valence-corrected chi connectivity index (χ2v) is 5.61. The van der Waals surface area contributed by atoms with E-state index in [0.29, 0.717) is 5.92 Å². The van der Waals surface area contributed by atoms with Crippen LogP contribution in [0.5, 0.6) is 0 Å². The second-order valence-electron chi connectivity index (χ2n) is 5.61. The Morgan fingerprint density at radius 3 is 2.65 bits per heavy atom. The summed E-state index contributed by atoms with van der Waals surface area (Å²) in [5, 5.41) is 0. The van der Waals surface area contributed by atoms with Gasteiger partial charge in [0, 0.05) is 0 Å². The lowest BCUT2D eigenvalue weighted by molar-refractivity contribution is 0.569. The molecule has 1 unspecified atom stereocenters. The third kappa shape index (κ3) is 4.85. The van der Waals surface area contributed by atoms with E-state index in [2.05, 4.69) is 67.6 Å². The number of unbranched alkanes of at least 4 members (excludes halogenated alkanes) is 2. The van der Waals surface area contributed by atoms with Crippen molar-refractivity contribution in [1.29, 1.82) is 0 Å². The molecule has 1 atom stereocenters. The van der Waals surface area contributed by atoms with Crippen LogP contribution in [0.1, 0.15) is 56.9 Å². The van der Waals surface area contributed by atoms with Gasteiger partial charge in [0.05, 0.1) is 0 Å². The van der Waals surface area contributed by atoms with Crippen LogP contribution in [0.3, 0.4) is 0 Å². The van der Waals surface area contributed by atoms with Crippen LogP contribution in [0.25, 0.3) is 0 Å². The minimum atomic E-state index is 0.676. The molecule has 0 N–H and O–H groups in total. The summed E-state index contributed by atoms with van der Waals surface area (Å²) in [6.07, 6.45) is 18.7. The van der Waals surface area contributed by atoms with Crippen LogP contribution < -0.4 is 0 Å². The zero-order valence-electron chi connectivity index (χ0n) is 12.6. The Bertz CT molecular complexity index is 462. The van der Waals surface area contributed by atoms with Crippen molar-refractivity contribution in [1.82, 2.24) is 0 Å². The van der Waals surface area contributed by atoms with Gasteiger partial charge in [0.15, 0.2) is 0 Å². The fourth-order valence-electron chi connectivity index (χ4n) is 2.76. The first kappa shape index (κ1) is 14.8. The van der Waals surface area contributed by atoms with Crippen LogP contribution in [-0.4, -0.2) is 0 Å². The Morgan fingerprint density at radius 1 is 1.10 bits per heavy atom. The summed E-state index contributed by atoms with van der Waals surface area (Å²) in [5.74, 6) is 0.676. The van der Waals surface area contributed by atoms with E-state index in [4.69, 9.17) is 0 Å². The second kappa shape index (κ2) is 8.58. The van der Waals surface area contributed by atoms with Crippen molar-refractivity contribution in [2.75, 3.05) is 0 Å². The van der Waals surface area contributed by atoms with E-state index in [1.807, 2.05) is 0 Å². The summed E-state index contributed by atoms with van der Waals surface area (Å²) in [5.41, 5.74) is 2.96. The van der Waals surface area contributed by atoms with Crippen molar-refractivity contribution < 1.29 is 0 Å². The molecule has 0 saturated heterocycles. The first-order valence-electron chi connectivity index (χ1n) is 7.97. The fourth-order valence-corrected chi connectivity index (χ4v) is 2.76. The van der Waals surface area contributed by atoms with E-state index in [9.17, 15) is 0 Å². The van der Waals surface area contributed by atoms with Crippen molar-refractivity contribution in [2.45, 2.75) is 51.4 Å². The minimum absolute atomic E-state index is 0.676. The van der Waals surface area contributed by atoms with E-state index < -0.39 is 0 Å². The quantitative estimate of drug-likeness (QED) is 0.517. The molecule has 0 aliphatic heterocycles. The number of hydrogen-bond acceptors (Lipinski definition) is 0. The van der Waals surface area contributed by atoms with Gasteiger partial charge in [-0.05, 0) is 36.3 Å². The summed E-state index contributed by atoms with van der Waals surface area (Å²) in [7, 11) is 0. The van der Waals surface area contributed by atoms with Gasteiger partial charge >= 0.3 is 0 Å². The number of hydrogen-bond donors (Lipinski definition) is 0. The molecule has 0 saturated carbocycles. The standard InChI is InChI=1S/C20H26/c1-2-3-6-13-20(19-14-9-5-10-15-19)17-16-18-11-7-4-8-12-18/h4-5,7-11,14-16,20H,2-3,6,12-13,17H2,1H3. The van der Waals surface area contributed by atoms with E-state index >= 15 is 0 Å². The van der Waals surface area contributed by atoms with E-state index in [1.165, 1.54) is 43.2 Å². The normalized spacial score (nSPS) is 17.6. The molecule has 0 bridgehead atoms. The summed E-state index contributed by atoms with van der Waals surface area (Å²) in [4.78, 5) is 0. The molecule has 0 amide bonds. The van der Waals surface area contributed by atoms with E-state index in [0.717, 1.165) is 6.42 Å². The monoisotopic (exact) mass is 266 g/mol. The first-order chi connectivity index (χ1) is 9.90. The average Bonchev–Trinajstić information content (AvgIpc) is 2.52. The molecule has 1 aromatic rings. The molecule has 2 rings (SSSR count). The van der Waals surface area contributed by atoms with Gasteiger partial charge in [-0.3, -0.25) is 0 Å². The summed E-state index contributed by atoms with van der Waals surface area (Å²) in [6.45, 7) is 2.28. The highest BCUT2D eigenvalue weighted by atomic mass is 14.1. The molecule has 0 heterocycles. The third-order valence-corrected chi connectivity index (χ3v) is 4.00. The van der Waals surface area contributed by atoms with Gasteiger partial charge in [0.1, 0.15) is 0 Å². The smallest absolute Gasteiger partial charge is 0.00975 e. The maximum atomic E-state index is 2.43. The molecule has 0 aromatic heterocycles. The lowest BCUT2D eigenvalue weighted by Gasteiger charge is -2.16. The molecular formula is C20H26. The molecule has 0 heteroatoms. The molecular weight excluding hydrogens is 240 g/mol. The Labute approximate surface area is 123 Å². The highest BCUT2D eigenvalue weighted by Crippen LogP contribution is 2.27. The van der Waals surface area contributed by atoms with E-state index in [-0.39, 0.29) is 0 Å². The SMILES string of the molecule is CCCCCC(CC=C1C=CC=CC1)c1ccccc1. The van der Waals surface area contributed by atoms with E-state index in [1.54, 1.807) is 0 Å². The molecule has 0 nitrogen and oxygen atoms in total. The molecule has 0 radical (unpaired) electrons. The molecule has 1 aliphatic rings.